The summed E-state index contributed by atoms with van der Waals surface area (Å²) < 4.78 is 79.2. The molecule has 0 spiro atoms. The number of halogens is 6. The lowest BCUT2D eigenvalue weighted by Gasteiger charge is -2.30. The summed E-state index contributed by atoms with van der Waals surface area (Å²) in [4.78, 5) is 21.6. The topological polar surface area (TPSA) is 79.5 Å². The standard InChI is InChI=1S/C9H5F6NO4/c10-8(11,12)5(17)16-7(6(18)19,9(13,14)15)4-2-1-3-20-4/h1-3H,(H,16,17)(H,18,19)/t7-/m0/s1. The fourth-order valence-corrected chi connectivity index (χ4v) is 1.29. The third-order valence-electron chi connectivity index (χ3n) is 2.20. The van der Waals surface area contributed by atoms with Gasteiger partial charge in [-0.25, -0.2) is 4.79 Å². The van der Waals surface area contributed by atoms with Gasteiger partial charge in [-0.3, -0.25) is 4.79 Å². The lowest BCUT2D eigenvalue weighted by atomic mass is 9.95. The smallest absolute Gasteiger partial charge is 0.471 e. The number of rotatable bonds is 3. The van der Waals surface area contributed by atoms with Crippen LogP contribution in [0, 0.1) is 0 Å². The fraction of sp³-hybridized carbons (Fsp3) is 0.333. The average molecular weight is 305 g/mol. The van der Waals surface area contributed by atoms with Gasteiger partial charge in [0.15, 0.2) is 0 Å². The van der Waals surface area contributed by atoms with Gasteiger partial charge < -0.3 is 14.8 Å². The summed E-state index contributed by atoms with van der Waals surface area (Å²) in [6, 6.07) is 1.32. The van der Waals surface area contributed by atoms with Crippen molar-refractivity contribution in [1.29, 1.82) is 0 Å². The Kier molecular flexibility index (Phi) is 3.74. The number of hydrogen-bond donors (Lipinski definition) is 2. The molecule has 1 rings (SSSR count). The minimum absolute atomic E-state index is 0.430. The van der Waals surface area contributed by atoms with Crippen molar-refractivity contribution in [2.45, 2.75) is 17.9 Å². The Bertz CT molecular complexity index is 505. The van der Waals surface area contributed by atoms with E-state index in [4.69, 9.17) is 5.11 Å². The molecule has 0 saturated carbocycles. The Morgan fingerprint density at radius 1 is 1.15 bits per heavy atom. The highest BCUT2D eigenvalue weighted by molar-refractivity contribution is 5.90. The minimum atomic E-state index is -5.77. The van der Waals surface area contributed by atoms with E-state index in [1.54, 1.807) is 0 Å². The van der Waals surface area contributed by atoms with Crippen molar-refractivity contribution in [3.8, 4) is 0 Å². The summed E-state index contributed by atoms with van der Waals surface area (Å²) >= 11 is 0. The second-order valence-corrected chi connectivity index (χ2v) is 3.48. The van der Waals surface area contributed by atoms with Crippen LogP contribution in [0.15, 0.2) is 22.8 Å². The number of alkyl halides is 6. The van der Waals surface area contributed by atoms with E-state index in [-0.39, 0.29) is 0 Å². The predicted molar refractivity (Wildman–Crippen MR) is 48.3 cm³/mol. The molecule has 1 heterocycles. The van der Waals surface area contributed by atoms with Crippen molar-refractivity contribution in [2.75, 3.05) is 0 Å². The molecule has 1 atom stereocenters. The summed E-state index contributed by atoms with van der Waals surface area (Å²) in [5, 5.41) is 9.11. The first kappa shape index (κ1) is 15.9. The molecule has 0 radical (unpaired) electrons. The summed E-state index contributed by atoms with van der Waals surface area (Å²) in [5.74, 6) is -7.23. The van der Waals surface area contributed by atoms with Crippen LogP contribution in [-0.4, -0.2) is 29.3 Å². The molecule has 1 aromatic heterocycles. The van der Waals surface area contributed by atoms with Gasteiger partial charge in [0.25, 0.3) is 5.54 Å². The number of carbonyl (C=O) groups is 2. The van der Waals surface area contributed by atoms with Gasteiger partial charge in [0, 0.05) is 0 Å². The lowest BCUT2D eigenvalue weighted by molar-refractivity contribution is -0.224. The molecule has 0 aliphatic carbocycles. The molecule has 2 N–H and O–H groups in total. The van der Waals surface area contributed by atoms with Crippen LogP contribution in [0.3, 0.4) is 0 Å². The lowest BCUT2D eigenvalue weighted by Crippen LogP contribution is -2.63. The number of furan rings is 1. The van der Waals surface area contributed by atoms with E-state index in [1.165, 1.54) is 0 Å². The first-order chi connectivity index (χ1) is 8.93. The quantitative estimate of drug-likeness (QED) is 0.835. The van der Waals surface area contributed by atoms with Gasteiger partial charge in [0.2, 0.25) is 0 Å². The van der Waals surface area contributed by atoms with Crippen molar-refractivity contribution in [3.05, 3.63) is 24.2 Å². The van der Waals surface area contributed by atoms with Crippen LogP contribution in [0.1, 0.15) is 5.76 Å². The third-order valence-corrected chi connectivity index (χ3v) is 2.20. The van der Waals surface area contributed by atoms with Crippen LogP contribution < -0.4 is 5.32 Å². The summed E-state index contributed by atoms with van der Waals surface area (Å²) in [7, 11) is 0. The molecule has 1 amide bonds. The average Bonchev–Trinajstić information content (AvgIpc) is 2.74. The van der Waals surface area contributed by atoms with Crippen LogP contribution >= 0.6 is 0 Å². The second-order valence-electron chi connectivity index (χ2n) is 3.48. The van der Waals surface area contributed by atoms with Crippen LogP contribution in [0.25, 0.3) is 0 Å². The molecule has 0 fully saturated rings. The maximum Gasteiger partial charge on any atom is 0.471 e. The maximum absolute atomic E-state index is 12.9. The molecule has 0 bridgehead atoms. The molecule has 11 heteroatoms. The number of hydrogen-bond acceptors (Lipinski definition) is 3. The van der Waals surface area contributed by atoms with E-state index >= 15 is 0 Å². The van der Waals surface area contributed by atoms with Gasteiger partial charge in [0.1, 0.15) is 5.76 Å². The largest absolute Gasteiger partial charge is 0.479 e. The van der Waals surface area contributed by atoms with E-state index in [0.717, 1.165) is 6.07 Å². The van der Waals surface area contributed by atoms with Gasteiger partial charge in [-0.2, -0.15) is 26.3 Å². The van der Waals surface area contributed by atoms with E-state index in [1.807, 2.05) is 0 Å². The Hall–Kier alpha value is -2.20. The summed E-state index contributed by atoms with van der Waals surface area (Å²) in [6.45, 7) is 0. The first-order valence-corrected chi connectivity index (χ1v) is 4.66. The zero-order valence-corrected chi connectivity index (χ0v) is 9.17. The summed E-state index contributed by atoms with van der Waals surface area (Å²) in [5.41, 5.74) is -4.33. The highest BCUT2D eigenvalue weighted by Crippen LogP contribution is 2.40. The monoisotopic (exact) mass is 305 g/mol. The van der Waals surface area contributed by atoms with Crippen molar-refractivity contribution in [3.63, 3.8) is 0 Å². The molecule has 0 aliphatic heterocycles. The SMILES string of the molecule is O=C(N[C@](C(=O)O)(c1ccco1)C(F)(F)F)C(F)(F)F. The van der Waals surface area contributed by atoms with Gasteiger partial charge in [-0.15, -0.1) is 0 Å². The van der Waals surface area contributed by atoms with E-state index < -0.39 is 35.5 Å². The fourth-order valence-electron chi connectivity index (χ4n) is 1.29. The number of carbonyl (C=O) groups excluding carboxylic acids is 1. The molecular weight excluding hydrogens is 300 g/mol. The van der Waals surface area contributed by atoms with Crippen LogP contribution in [0.5, 0.6) is 0 Å². The highest BCUT2D eigenvalue weighted by atomic mass is 19.4. The number of amides is 1. The Labute approximate surface area is 106 Å². The Morgan fingerprint density at radius 3 is 2.00 bits per heavy atom. The highest BCUT2D eigenvalue weighted by Gasteiger charge is 2.67. The van der Waals surface area contributed by atoms with Crippen molar-refractivity contribution in [2.24, 2.45) is 0 Å². The number of aliphatic carboxylic acids is 1. The maximum atomic E-state index is 12.9. The molecular formula is C9H5F6NO4. The molecule has 20 heavy (non-hydrogen) atoms. The minimum Gasteiger partial charge on any atom is -0.479 e. The third kappa shape index (κ3) is 2.56. The van der Waals surface area contributed by atoms with E-state index in [0.29, 0.717) is 17.6 Å². The molecule has 0 unspecified atom stereocenters. The van der Waals surface area contributed by atoms with Crippen molar-refractivity contribution >= 4 is 11.9 Å². The van der Waals surface area contributed by atoms with Gasteiger partial charge in [-0.05, 0) is 12.1 Å². The van der Waals surface area contributed by atoms with Crippen LogP contribution in [0.4, 0.5) is 26.3 Å². The normalized spacial score (nSPS) is 15.5. The van der Waals surface area contributed by atoms with Crippen LogP contribution in [0.2, 0.25) is 0 Å². The second kappa shape index (κ2) is 4.72. The number of carboxylic acids is 1. The molecule has 0 aliphatic rings. The number of nitrogens with one attached hydrogen (secondary N) is 1. The van der Waals surface area contributed by atoms with Crippen molar-refractivity contribution < 1.29 is 45.5 Å². The van der Waals surface area contributed by atoms with Crippen LogP contribution in [-0.2, 0) is 15.1 Å². The zero-order chi connectivity index (χ0) is 15.8. The molecule has 0 aromatic carbocycles. The zero-order valence-electron chi connectivity index (χ0n) is 9.17. The van der Waals surface area contributed by atoms with Gasteiger partial charge in [-0.1, -0.05) is 0 Å². The molecule has 5 nitrogen and oxygen atoms in total. The van der Waals surface area contributed by atoms with E-state index in [2.05, 4.69) is 4.42 Å². The molecule has 0 saturated heterocycles. The van der Waals surface area contributed by atoms with Gasteiger partial charge in [0.05, 0.1) is 6.26 Å². The molecule has 1 aromatic rings. The molecule has 112 valence electrons. The first-order valence-electron chi connectivity index (χ1n) is 4.66. The Balaban J connectivity index is 3.42. The predicted octanol–water partition coefficient (Wildman–Crippen LogP) is 1.80. The number of carboxylic acid groups (broad SMARTS) is 1. The van der Waals surface area contributed by atoms with Gasteiger partial charge >= 0.3 is 24.2 Å². The van der Waals surface area contributed by atoms with Crippen molar-refractivity contribution in [1.82, 2.24) is 5.32 Å². The Morgan fingerprint density at radius 2 is 1.70 bits per heavy atom. The summed E-state index contributed by atoms with van der Waals surface area (Å²) in [6.07, 6.45) is -10.8. The van der Waals surface area contributed by atoms with E-state index in [9.17, 15) is 35.9 Å².